The molecule has 0 spiro atoms. The number of halogens is 1. The molecule has 0 fully saturated rings. The fourth-order valence-corrected chi connectivity index (χ4v) is 5.31. The van der Waals surface area contributed by atoms with Gasteiger partial charge in [0.05, 0.1) is 12.2 Å². The third kappa shape index (κ3) is 5.11. The number of tetrazole rings is 1. The van der Waals surface area contributed by atoms with E-state index in [0.717, 1.165) is 62.9 Å². The second-order valence-corrected chi connectivity index (χ2v) is 10.5. The van der Waals surface area contributed by atoms with E-state index >= 15 is 0 Å². The molecule has 0 atom stereocenters. The van der Waals surface area contributed by atoms with Gasteiger partial charge < -0.3 is 0 Å². The van der Waals surface area contributed by atoms with Crippen molar-refractivity contribution in [2.24, 2.45) is 0 Å². The highest BCUT2D eigenvalue weighted by Crippen LogP contribution is 2.31. The third-order valence-corrected chi connectivity index (χ3v) is 7.38. The molecule has 3 heterocycles. The number of hydrogen-bond donors (Lipinski definition) is 1. The molecule has 194 valence electrons. The molecule has 9 heteroatoms. The van der Waals surface area contributed by atoms with Crippen LogP contribution in [0.15, 0.2) is 76.4 Å². The van der Waals surface area contributed by atoms with Gasteiger partial charge in [-0.05, 0) is 74.3 Å². The first-order valence-electron chi connectivity index (χ1n) is 12.8. The number of nitrogens with zero attached hydrogens (tertiary/aromatic N) is 6. The number of nitrogens with one attached hydrogen (secondary N) is 1. The molecular formula is C29H30BrN7O. The van der Waals surface area contributed by atoms with E-state index < -0.39 is 0 Å². The van der Waals surface area contributed by atoms with Crippen molar-refractivity contribution < 1.29 is 0 Å². The standard InChI is InChI=1S/C29H30BrN7O/c1-4-5-7-22-18-37(27-23(19(2)3)8-6-9-26(27)30)29(38)36(22)17-20-10-12-21(13-11-20)24-14-15-31-16-25(24)28-32-34-35-33-28/h6,8-16,18-19H,4-5,7,17H2,1-3H3,(H,32,33,34,35). The monoisotopic (exact) mass is 571 g/mol. The molecule has 38 heavy (non-hydrogen) atoms. The lowest BCUT2D eigenvalue weighted by Crippen LogP contribution is -2.25. The molecule has 8 nitrogen and oxygen atoms in total. The molecule has 3 aromatic heterocycles. The number of aromatic amines is 1. The number of benzene rings is 2. The van der Waals surface area contributed by atoms with E-state index in [2.05, 4.69) is 92.6 Å². The zero-order valence-electron chi connectivity index (χ0n) is 21.7. The lowest BCUT2D eigenvalue weighted by molar-refractivity contribution is 0.673. The van der Waals surface area contributed by atoms with Gasteiger partial charge in [0.25, 0.3) is 0 Å². The van der Waals surface area contributed by atoms with E-state index in [9.17, 15) is 4.79 Å². The minimum Gasteiger partial charge on any atom is -0.292 e. The number of aryl methyl sites for hydroxylation is 1. The number of imidazole rings is 1. The van der Waals surface area contributed by atoms with E-state index in [1.165, 1.54) is 0 Å². The van der Waals surface area contributed by atoms with Crippen LogP contribution in [0.25, 0.3) is 28.2 Å². The summed E-state index contributed by atoms with van der Waals surface area (Å²) in [6.07, 6.45) is 8.45. The predicted octanol–water partition coefficient (Wildman–Crippen LogP) is 6.16. The Morgan fingerprint density at radius 1 is 1.05 bits per heavy atom. The lowest BCUT2D eigenvalue weighted by atomic mass is 10.00. The fourth-order valence-electron chi connectivity index (χ4n) is 4.74. The Morgan fingerprint density at radius 3 is 2.58 bits per heavy atom. The molecule has 0 aliphatic heterocycles. The SMILES string of the molecule is CCCCc1cn(-c2c(Br)cccc2C(C)C)c(=O)n1Cc1ccc(-c2ccncc2-c2nn[nH]n2)cc1. The summed E-state index contributed by atoms with van der Waals surface area (Å²) in [6.45, 7) is 6.98. The van der Waals surface area contributed by atoms with Gasteiger partial charge in [0.15, 0.2) is 0 Å². The number of aromatic nitrogens is 7. The third-order valence-electron chi connectivity index (χ3n) is 6.74. The molecule has 0 amide bonds. The van der Waals surface area contributed by atoms with Gasteiger partial charge in [-0.15, -0.1) is 10.2 Å². The molecule has 0 aliphatic rings. The molecule has 0 bridgehead atoms. The van der Waals surface area contributed by atoms with Crippen LogP contribution < -0.4 is 5.69 Å². The summed E-state index contributed by atoms with van der Waals surface area (Å²) in [5, 5.41) is 14.4. The summed E-state index contributed by atoms with van der Waals surface area (Å²) < 4.78 is 4.64. The molecule has 0 radical (unpaired) electrons. The summed E-state index contributed by atoms with van der Waals surface area (Å²) in [5.41, 5.74) is 6.92. The Bertz CT molecular complexity index is 1580. The second kappa shape index (κ2) is 11.3. The summed E-state index contributed by atoms with van der Waals surface area (Å²) in [5.74, 6) is 0.786. The highest BCUT2D eigenvalue weighted by atomic mass is 79.9. The van der Waals surface area contributed by atoms with Crippen LogP contribution in [0.1, 0.15) is 56.4 Å². The molecule has 0 aliphatic carbocycles. The van der Waals surface area contributed by atoms with Crippen LogP contribution in [-0.4, -0.2) is 34.7 Å². The van der Waals surface area contributed by atoms with Crippen molar-refractivity contribution in [3.63, 3.8) is 0 Å². The maximum Gasteiger partial charge on any atom is 0.333 e. The van der Waals surface area contributed by atoms with Gasteiger partial charge in [-0.3, -0.25) is 14.1 Å². The van der Waals surface area contributed by atoms with Crippen molar-refractivity contribution in [1.29, 1.82) is 0 Å². The van der Waals surface area contributed by atoms with E-state index in [4.69, 9.17) is 0 Å². The topological polar surface area (TPSA) is 94.3 Å². The van der Waals surface area contributed by atoms with E-state index in [-0.39, 0.29) is 11.6 Å². The van der Waals surface area contributed by atoms with Crippen molar-refractivity contribution in [2.45, 2.75) is 52.5 Å². The number of H-pyrrole nitrogens is 1. The van der Waals surface area contributed by atoms with E-state index in [1.54, 1.807) is 12.4 Å². The zero-order valence-corrected chi connectivity index (χ0v) is 23.3. The molecule has 2 aromatic carbocycles. The van der Waals surface area contributed by atoms with E-state index in [0.29, 0.717) is 12.4 Å². The van der Waals surface area contributed by atoms with Crippen LogP contribution >= 0.6 is 15.9 Å². The van der Waals surface area contributed by atoms with Crippen LogP contribution in [0.4, 0.5) is 0 Å². The number of unbranched alkanes of at least 4 members (excludes halogenated alkanes) is 1. The van der Waals surface area contributed by atoms with Crippen LogP contribution in [0.2, 0.25) is 0 Å². The zero-order chi connectivity index (χ0) is 26.6. The van der Waals surface area contributed by atoms with Gasteiger partial charge in [0.2, 0.25) is 5.82 Å². The van der Waals surface area contributed by atoms with Crippen LogP contribution in [0.5, 0.6) is 0 Å². The van der Waals surface area contributed by atoms with Crippen molar-refractivity contribution >= 4 is 15.9 Å². The maximum atomic E-state index is 13.8. The second-order valence-electron chi connectivity index (χ2n) is 9.65. The van der Waals surface area contributed by atoms with Gasteiger partial charge >= 0.3 is 5.69 Å². The van der Waals surface area contributed by atoms with Gasteiger partial charge in [-0.2, -0.15) is 5.21 Å². The Hall–Kier alpha value is -3.85. The first-order chi connectivity index (χ1) is 18.5. The van der Waals surface area contributed by atoms with Gasteiger partial charge in [0, 0.05) is 34.3 Å². The Kier molecular flexibility index (Phi) is 7.64. The molecule has 0 saturated heterocycles. The average Bonchev–Trinajstić information content (AvgIpc) is 3.57. The molecule has 0 saturated carbocycles. The highest BCUT2D eigenvalue weighted by molar-refractivity contribution is 9.10. The van der Waals surface area contributed by atoms with Gasteiger partial charge in [0.1, 0.15) is 0 Å². The molecule has 5 rings (SSSR count). The van der Waals surface area contributed by atoms with Crippen molar-refractivity contribution in [2.75, 3.05) is 0 Å². The lowest BCUT2D eigenvalue weighted by Gasteiger charge is -2.14. The molecule has 5 aromatic rings. The van der Waals surface area contributed by atoms with Crippen molar-refractivity contribution in [1.82, 2.24) is 34.7 Å². The Balaban J connectivity index is 1.51. The van der Waals surface area contributed by atoms with Crippen LogP contribution in [-0.2, 0) is 13.0 Å². The van der Waals surface area contributed by atoms with Crippen LogP contribution in [0, 0.1) is 0 Å². The quantitative estimate of drug-likeness (QED) is 0.228. The number of pyridine rings is 1. The normalized spacial score (nSPS) is 11.4. The Morgan fingerprint density at radius 2 is 1.87 bits per heavy atom. The first kappa shape index (κ1) is 25.8. The fraction of sp³-hybridized carbons (Fsp3) is 0.276. The largest absolute Gasteiger partial charge is 0.333 e. The minimum absolute atomic E-state index is 0.0255. The number of hydrogen-bond acceptors (Lipinski definition) is 5. The summed E-state index contributed by atoms with van der Waals surface area (Å²) >= 11 is 3.70. The summed E-state index contributed by atoms with van der Waals surface area (Å²) in [7, 11) is 0. The van der Waals surface area contributed by atoms with Crippen molar-refractivity contribution in [3.05, 3.63) is 98.9 Å². The first-order valence-corrected chi connectivity index (χ1v) is 13.6. The van der Waals surface area contributed by atoms with E-state index in [1.807, 2.05) is 33.5 Å². The number of rotatable bonds is 9. The Labute approximate surface area is 229 Å². The van der Waals surface area contributed by atoms with Gasteiger partial charge in [-0.25, -0.2) is 4.79 Å². The molecular weight excluding hydrogens is 542 g/mol. The predicted molar refractivity (Wildman–Crippen MR) is 152 cm³/mol. The summed E-state index contributed by atoms with van der Waals surface area (Å²) in [4.78, 5) is 18.1. The molecule has 1 N–H and O–H groups in total. The minimum atomic E-state index is -0.0255. The smallest absolute Gasteiger partial charge is 0.292 e. The summed E-state index contributed by atoms with van der Waals surface area (Å²) in [6, 6.07) is 16.3. The maximum absolute atomic E-state index is 13.8. The van der Waals surface area contributed by atoms with Crippen molar-refractivity contribution in [3.8, 4) is 28.2 Å². The highest BCUT2D eigenvalue weighted by Gasteiger charge is 2.19. The van der Waals surface area contributed by atoms with Crippen LogP contribution in [0.3, 0.4) is 0 Å². The number of para-hydroxylation sites is 1. The average molecular weight is 573 g/mol. The molecule has 0 unspecified atom stereocenters. The van der Waals surface area contributed by atoms with Gasteiger partial charge in [-0.1, -0.05) is 63.6 Å².